The Labute approximate surface area is 116 Å². The number of carbonyl (C=O) groups is 1. The van der Waals surface area contributed by atoms with Gasteiger partial charge in [-0.25, -0.2) is 0 Å². The van der Waals surface area contributed by atoms with Crippen molar-refractivity contribution < 1.29 is 9.53 Å². The van der Waals surface area contributed by atoms with Crippen molar-refractivity contribution in [3.05, 3.63) is 35.9 Å². The van der Waals surface area contributed by atoms with Crippen molar-refractivity contribution in [2.45, 2.75) is 30.4 Å². The van der Waals surface area contributed by atoms with E-state index >= 15 is 0 Å². The molecule has 3 nitrogen and oxygen atoms in total. The molecule has 0 saturated heterocycles. The molecule has 4 heteroatoms. The fraction of sp³-hybridized carbons (Fsp3) is 0.462. The third-order valence-corrected chi connectivity index (χ3v) is 3.33. The van der Waals surface area contributed by atoms with Gasteiger partial charge in [-0.2, -0.15) is 0 Å². The summed E-state index contributed by atoms with van der Waals surface area (Å²) in [4.78, 5) is 11.5. The van der Waals surface area contributed by atoms with Crippen LogP contribution < -0.4 is 5.32 Å². The van der Waals surface area contributed by atoms with Crippen molar-refractivity contribution in [3.8, 4) is 0 Å². The lowest BCUT2D eigenvalue weighted by Crippen LogP contribution is -2.23. The third kappa shape index (κ3) is 6.63. The van der Waals surface area contributed by atoms with Crippen LogP contribution in [0.15, 0.2) is 30.3 Å². The number of halogens is 1. The van der Waals surface area contributed by atoms with Gasteiger partial charge in [0.15, 0.2) is 0 Å². The van der Waals surface area contributed by atoms with Crippen LogP contribution in [0, 0.1) is 0 Å². The highest BCUT2D eigenvalue weighted by molar-refractivity contribution is 14.1. The molecule has 0 aliphatic heterocycles. The lowest BCUT2D eigenvalue weighted by Gasteiger charge is -2.10. The second-order valence-corrected chi connectivity index (χ2v) is 5.21. The van der Waals surface area contributed by atoms with Gasteiger partial charge in [-0.3, -0.25) is 4.79 Å². The van der Waals surface area contributed by atoms with E-state index in [2.05, 4.69) is 34.8 Å². The van der Waals surface area contributed by atoms with Gasteiger partial charge in [-0.15, -0.1) is 0 Å². The van der Waals surface area contributed by atoms with E-state index in [1.807, 2.05) is 30.3 Å². The van der Waals surface area contributed by atoms with Gasteiger partial charge in [0.2, 0.25) is 0 Å². The van der Waals surface area contributed by atoms with E-state index in [0.717, 1.165) is 18.5 Å². The van der Waals surface area contributed by atoms with Crippen LogP contribution in [0.2, 0.25) is 0 Å². The number of esters is 1. The number of hydrogen-bond donors (Lipinski definition) is 1. The van der Waals surface area contributed by atoms with E-state index in [-0.39, 0.29) is 5.97 Å². The van der Waals surface area contributed by atoms with Crippen LogP contribution in [0.1, 0.15) is 25.3 Å². The van der Waals surface area contributed by atoms with E-state index in [1.165, 1.54) is 0 Å². The summed E-state index contributed by atoms with van der Waals surface area (Å²) < 4.78 is 5.52. The lowest BCUT2D eigenvalue weighted by atomic mass is 10.2. The summed E-state index contributed by atoms with van der Waals surface area (Å²) in [6, 6.07) is 9.73. The van der Waals surface area contributed by atoms with Crippen molar-refractivity contribution in [2.75, 3.05) is 6.54 Å². The van der Waals surface area contributed by atoms with E-state index in [9.17, 15) is 4.79 Å². The molecule has 0 bridgehead atoms. The SMILES string of the molecule is CCNC(I)CCC(=O)OCc1ccccc1. The highest BCUT2D eigenvalue weighted by Crippen LogP contribution is 2.07. The number of benzene rings is 1. The summed E-state index contributed by atoms with van der Waals surface area (Å²) in [7, 11) is 0. The summed E-state index contributed by atoms with van der Waals surface area (Å²) in [6.45, 7) is 3.35. The average molecular weight is 347 g/mol. The van der Waals surface area contributed by atoms with Crippen molar-refractivity contribution in [1.82, 2.24) is 5.32 Å². The summed E-state index contributed by atoms with van der Waals surface area (Å²) in [5.41, 5.74) is 1.03. The van der Waals surface area contributed by atoms with Gasteiger partial charge >= 0.3 is 5.97 Å². The Balaban J connectivity index is 2.17. The van der Waals surface area contributed by atoms with Crippen molar-refractivity contribution in [2.24, 2.45) is 0 Å². The van der Waals surface area contributed by atoms with Gasteiger partial charge in [-0.1, -0.05) is 59.8 Å². The van der Waals surface area contributed by atoms with E-state index in [1.54, 1.807) is 0 Å². The first-order chi connectivity index (χ1) is 8.22. The summed E-state index contributed by atoms with van der Waals surface area (Å²) >= 11 is 2.30. The Morgan fingerprint density at radius 1 is 1.41 bits per heavy atom. The molecule has 0 fully saturated rings. The molecule has 0 heterocycles. The Morgan fingerprint density at radius 3 is 2.76 bits per heavy atom. The third-order valence-electron chi connectivity index (χ3n) is 2.27. The molecule has 1 rings (SSSR count). The Hall–Kier alpha value is -0.620. The maximum atomic E-state index is 11.5. The minimum atomic E-state index is -0.131. The minimum absolute atomic E-state index is 0.131. The smallest absolute Gasteiger partial charge is 0.306 e. The number of hydrogen-bond acceptors (Lipinski definition) is 3. The van der Waals surface area contributed by atoms with Crippen molar-refractivity contribution in [1.29, 1.82) is 0 Å². The first-order valence-electron chi connectivity index (χ1n) is 5.79. The number of alkyl halides is 1. The first kappa shape index (κ1) is 14.4. The largest absolute Gasteiger partial charge is 0.461 e. The zero-order valence-corrected chi connectivity index (χ0v) is 12.1. The first-order valence-corrected chi connectivity index (χ1v) is 7.04. The molecule has 17 heavy (non-hydrogen) atoms. The van der Waals surface area contributed by atoms with Crippen molar-refractivity contribution >= 4 is 28.6 Å². The maximum absolute atomic E-state index is 11.5. The normalized spacial score (nSPS) is 12.1. The quantitative estimate of drug-likeness (QED) is 0.357. The van der Waals surface area contributed by atoms with E-state index < -0.39 is 0 Å². The van der Waals surface area contributed by atoms with Gasteiger partial charge in [0.1, 0.15) is 6.61 Å². The van der Waals surface area contributed by atoms with Crippen LogP contribution >= 0.6 is 22.6 Å². The summed E-state index contributed by atoms with van der Waals surface area (Å²) in [6.07, 6.45) is 1.27. The summed E-state index contributed by atoms with van der Waals surface area (Å²) in [5, 5.41) is 3.25. The molecule has 0 spiro atoms. The zero-order chi connectivity index (χ0) is 12.5. The number of carbonyl (C=O) groups excluding carboxylic acids is 1. The van der Waals surface area contributed by atoms with Crippen LogP contribution in [0.5, 0.6) is 0 Å². The molecule has 0 saturated carbocycles. The molecule has 1 atom stereocenters. The fourth-order valence-electron chi connectivity index (χ4n) is 1.38. The molecule has 1 aromatic rings. The molecular weight excluding hydrogens is 329 g/mol. The van der Waals surface area contributed by atoms with Gasteiger partial charge in [0, 0.05) is 6.42 Å². The monoisotopic (exact) mass is 347 g/mol. The topological polar surface area (TPSA) is 38.3 Å². The highest BCUT2D eigenvalue weighted by atomic mass is 127. The number of rotatable bonds is 7. The van der Waals surface area contributed by atoms with Crippen LogP contribution in [0.3, 0.4) is 0 Å². The number of ether oxygens (including phenoxy) is 1. The Morgan fingerprint density at radius 2 is 2.12 bits per heavy atom. The van der Waals surface area contributed by atoms with Crippen molar-refractivity contribution in [3.63, 3.8) is 0 Å². The molecule has 1 N–H and O–H groups in total. The lowest BCUT2D eigenvalue weighted by molar-refractivity contribution is -0.145. The fourth-order valence-corrected chi connectivity index (χ4v) is 2.13. The Bertz CT molecular complexity index is 329. The molecule has 94 valence electrons. The van der Waals surface area contributed by atoms with Gasteiger partial charge < -0.3 is 10.1 Å². The Kier molecular flexibility index (Phi) is 7.19. The van der Waals surface area contributed by atoms with Crippen LogP contribution in [0.4, 0.5) is 0 Å². The second-order valence-electron chi connectivity index (χ2n) is 3.71. The predicted molar refractivity (Wildman–Crippen MR) is 77.0 cm³/mol. The molecule has 0 aliphatic rings. The molecule has 1 unspecified atom stereocenters. The number of nitrogens with one attached hydrogen (secondary N) is 1. The van der Waals surface area contributed by atoms with Crippen LogP contribution in [-0.4, -0.2) is 16.6 Å². The molecule has 0 aromatic heterocycles. The molecule has 0 aliphatic carbocycles. The zero-order valence-electron chi connectivity index (χ0n) is 9.99. The predicted octanol–water partition coefficient (Wildman–Crippen LogP) is 2.88. The molecule has 0 radical (unpaired) electrons. The minimum Gasteiger partial charge on any atom is -0.461 e. The average Bonchev–Trinajstić information content (AvgIpc) is 2.35. The second kappa shape index (κ2) is 8.47. The van der Waals surface area contributed by atoms with Crippen LogP contribution in [-0.2, 0) is 16.1 Å². The van der Waals surface area contributed by atoms with Crippen LogP contribution in [0.25, 0.3) is 0 Å². The maximum Gasteiger partial charge on any atom is 0.306 e. The van der Waals surface area contributed by atoms with Gasteiger partial charge in [0.05, 0.1) is 4.05 Å². The van der Waals surface area contributed by atoms with Gasteiger partial charge in [-0.05, 0) is 18.5 Å². The van der Waals surface area contributed by atoms with Gasteiger partial charge in [0.25, 0.3) is 0 Å². The standard InChI is InChI=1S/C13H18INO2/c1-2-15-12(14)8-9-13(16)17-10-11-6-4-3-5-7-11/h3-7,12,15H,2,8-10H2,1H3. The van der Waals surface area contributed by atoms with E-state index in [4.69, 9.17) is 4.74 Å². The summed E-state index contributed by atoms with van der Waals surface area (Å²) in [5.74, 6) is -0.131. The van der Waals surface area contributed by atoms with E-state index in [0.29, 0.717) is 17.1 Å². The molecular formula is C13H18INO2. The highest BCUT2D eigenvalue weighted by Gasteiger charge is 2.07. The molecule has 1 aromatic carbocycles. The molecule has 0 amide bonds.